The summed E-state index contributed by atoms with van der Waals surface area (Å²) in [5.74, 6) is -0.832. The van der Waals surface area contributed by atoms with Gasteiger partial charge in [-0.2, -0.15) is 5.26 Å². The van der Waals surface area contributed by atoms with Crippen molar-refractivity contribution in [3.05, 3.63) is 35.4 Å². The summed E-state index contributed by atoms with van der Waals surface area (Å²) >= 11 is 0.737. The summed E-state index contributed by atoms with van der Waals surface area (Å²) in [4.78, 5) is 35.7. The number of imide groups is 1. The number of carbonyl (C=O) groups is 3. The van der Waals surface area contributed by atoms with E-state index in [0.717, 1.165) is 16.7 Å². The SMILES string of the molecule is N#CSC(C=O)CN1C(=O)c2ccccc2C1=O. The largest absolute Gasteiger partial charge is 0.302 e. The van der Waals surface area contributed by atoms with Gasteiger partial charge in [0.25, 0.3) is 11.8 Å². The van der Waals surface area contributed by atoms with Gasteiger partial charge in [0.1, 0.15) is 11.7 Å². The summed E-state index contributed by atoms with van der Waals surface area (Å²) in [5.41, 5.74) is 0.684. The first-order valence-electron chi connectivity index (χ1n) is 5.14. The summed E-state index contributed by atoms with van der Waals surface area (Å²) < 4.78 is 0. The first kappa shape index (κ1) is 12.3. The molecule has 1 unspecified atom stereocenters. The van der Waals surface area contributed by atoms with Crippen LogP contribution in [0.5, 0.6) is 0 Å². The molecule has 18 heavy (non-hydrogen) atoms. The molecule has 2 amide bonds. The molecule has 5 nitrogen and oxygen atoms in total. The first-order valence-corrected chi connectivity index (χ1v) is 6.02. The lowest BCUT2D eigenvalue weighted by Gasteiger charge is -2.15. The molecule has 0 fully saturated rings. The Labute approximate surface area is 107 Å². The molecule has 1 atom stereocenters. The van der Waals surface area contributed by atoms with Crippen LogP contribution in [-0.2, 0) is 4.79 Å². The smallest absolute Gasteiger partial charge is 0.261 e. The van der Waals surface area contributed by atoms with E-state index in [1.807, 2.05) is 0 Å². The number of carbonyl (C=O) groups excluding carboxylic acids is 3. The van der Waals surface area contributed by atoms with Crippen molar-refractivity contribution in [3.8, 4) is 5.40 Å². The van der Waals surface area contributed by atoms with Crippen molar-refractivity contribution < 1.29 is 14.4 Å². The van der Waals surface area contributed by atoms with Crippen molar-refractivity contribution in [3.63, 3.8) is 0 Å². The number of amides is 2. The van der Waals surface area contributed by atoms with Crippen molar-refractivity contribution in [2.45, 2.75) is 5.25 Å². The van der Waals surface area contributed by atoms with Gasteiger partial charge in [0.05, 0.1) is 16.4 Å². The van der Waals surface area contributed by atoms with Crippen molar-refractivity contribution in [2.24, 2.45) is 0 Å². The molecule has 1 aromatic carbocycles. The third-order valence-corrected chi connectivity index (χ3v) is 3.26. The normalized spacial score (nSPS) is 15.2. The number of thioether (sulfide) groups is 1. The molecule has 0 saturated heterocycles. The zero-order chi connectivity index (χ0) is 13.1. The number of nitriles is 1. The summed E-state index contributed by atoms with van der Waals surface area (Å²) in [6.07, 6.45) is 0.567. The highest BCUT2D eigenvalue weighted by atomic mass is 32.2. The van der Waals surface area contributed by atoms with Gasteiger partial charge < -0.3 is 4.79 Å². The third kappa shape index (κ3) is 2.00. The van der Waals surface area contributed by atoms with Gasteiger partial charge in [-0.05, 0) is 23.9 Å². The molecule has 0 spiro atoms. The molecule has 6 heteroatoms. The van der Waals surface area contributed by atoms with E-state index in [4.69, 9.17) is 5.26 Å². The van der Waals surface area contributed by atoms with Gasteiger partial charge in [0, 0.05) is 6.54 Å². The average molecular weight is 260 g/mol. The molecule has 0 aromatic heterocycles. The lowest BCUT2D eigenvalue weighted by atomic mass is 10.1. The lowest BCUT2D eigenvalue weighted by molar-refractivity contribution is -0.107. The molecule has 0 N–H and O–H groups in total. The highest BCUT2D eigenvalue weighted by Gasteiger charge is 2.36. The van der Waals surface area contributed by atoms with Crippen molar-refractivity contribution >= 4 is 29.9 Å². The van der Waals surface area contributed by atoms with Crippen LogP contribution in [0.2, 0.25) is 0 Å². The molecule has 0 saturated carbocycles. The van der Waals surface area contributed by atoms with Crippen LogP contribution in [-0.4, -0.2) is 34.8 Å². The van der Waals surface area contributed by atoms with Crippen LogP contribution in [0.3, 0.4) is 0 Å². The molecule has 0 bridgehead atoms. The van der Waals surface area contributed by atoms with Gasteiger partial charge in [-0.15, -0.1) is 0 Å². The minimum Gasteiger partial charge on any atom is -0.302 e. The molecule has 1 heterocycles. The van der Waals surface area contributed by atoms with Crippen molar-refractivity contribution in [1.82, 2.24) is 4.90 Å². The second-order valence-corrected chi connectivity index (χ2v) is 4.67. The minimum atomic E-state index is -0.711. The fraction of sp³-hybridized carbons (Fsp3) is 0.167. The van der Waals surface area contributed by atoms with Crippen LogP contribution < -0.4 is 0 Å². The van der Waals surface area contributed by atoms with Crippen LogP contribution in [0.15, 0.2) is 24.3 Å². The maximum absolute atomic E-state index is 12.0. The molecule has 1 aromatic rings. The Morgan fingerprint density at radius 2 is 1.83 bits per heavy atom. The van der Waals surface area contributed by atoms with Gasteiger partial charge >= 0.3 is 0 Å². The summed E-state index contributed by atoms with van der Waals surface area (Å²) in [5, 5.41) is 9.58. The maximum Gasteiger partial charge on any atom is 0.261 e. The fourth-order valence-corrected chi connectivity index (χ4v) is 2.18. The summed E-state index contributed by atoms with van der Waals surface area (Å²) in [6, 6.07) is 6.50. The molecule has 1 aliphatic heterocycles. The topological polar surface area (TPSA) is 78.2 Å². The van der Waals surface area contributed by atoms with E-state index in [9.17, 15) is 14.4 Å². The van der Waals surface area contributed by atoms with E-state index in [1.54, 1.807) is 29.7 Å². The first-order chi connectivity index (χ1) is 8.69. The zero-order valence-electron chi connectivity index (χ0n) is 9.20. The predicted molar refractivity (Wildman–Crippen MR) is 64.9 cm³/mol. The lowest BCUT2D eigenvalue weighted by Crippen LogP contribution is -2.36. The number of aldehydes is 1. The number of benzene rings is 1. The number of rotatable bonds is 4. The number of nitrogens with zero attached hydrogens (tertiary/aromatic N) is 2. The summed E-state index contributed by atoms with van der Waals surface area (Å²) in [6.45, 7) is -0.0753. The zero-order valence-corrected chi connectivity index (χ0v) is 10.0. The van der Waals surface area contributed by atoms with E-state index < -0.39 is 17.1 Å². The Balaban J connectivity index is 2.24. The highest BCUT2D eigenvalue weighted by Crippen LogP contribution is 2.23. The van der Waals surface area contributed by atoms with E-state index in [1.165, 1.54) is 0 Å². The van der Waals surface area contributed by atoms with Gasteiger partial charge in [-0.1, -0.05) is 12.1 Å². The number of thiocyanates is 1. The fourth-order valence-electron chi connectivity index (χ4n) is 1.76. The van der Waals surface area contributed by atoms with E-state index in [-0.39, 0.29) is 6.54 Å². The monoisotopic (exact) mass is 260 g/mol. The van der Waals surface area contributed by atoms with Crippen molar-refractivity contribution in [1.29, 1.82) is 5.26 Å². The second-order valence-electron chi connectivity index (χ2n) is 3.65. The molecule has 1 aliphatic rings. The minimum absolute atomic E-state index is 0.0753. The van der Waals surface area contributed by atoms with Crippen LogP contribution in [0.25, 0.3) is 0 Å². The molecular formula is C12H8N2O3S. The van der Waals surface area contributed by atoms with Gasteiger partial charge in [0.2, 0.25) is 0 Å². The Kier molecular flexibility index (Phi) is 3.44. The Morgan fingerprint density at radius 3 is 2.28 bits per heavy atom. The van der Waals surface area contributed by atoms with E-state index in [2.05, 4.69) is 0 Å². The van der Waals surface area contributed by atoms with Gasteiger partial charge in [0.15, 0.2) is 0 Å². The standard InChI is InChI=1S/C12H8N2O3S/c13-7-18-8(6-15)5-14-11(16)9-3-1-2-4-10(9)12(14)17/h1-4,6,8H,5H2. The van der Waals surface area contributed by atoms with Crippen LogP contribution >= 0.6 is 11.8 Å². The third-order valence-electron chi connectivity index (χ3n) is 2.60. The van der Waals surface area contributed by atoms with Gasteiger partial charge in [-0.3, -0.25) is 14.5 Å². The van der Waals surface area contributed by atoms with E-state index >= 15 is 0 Å². The van der Waals surface area contributed by atoms with Crippen LogP contribution in [0, 0.1) is 10.7 Å². The molecular weight excluding hydrogens is 252 g/mol. The maximum atomic E-state index is 12.0. The van der Waals surface area contributed by atoms with Gasteiger partial charge in [-0.25, -0.2) is 0 Å². The quantitative estimate of drug-likeness (QED) is 0.459. The number of hydrogen-bond donors (Lipinski definition) is 0. The number of fused-ring (bicyclic) bond motifs is 1. The van der Waals surface area contributed by atoms with E-state index in [0.29, 0.717) is 17.4 Å². The van der Waals surface area contributed by atoms with Crippen LogP contribution in [0.4, 0.5) is 0 Å². The number of hydrogen-bond acceptors (Lipinski definition) is 5. The molecule has 0 radical (unpaired) electrons. The summed E-state index contributed by atoms with van der Waals surface area (Å²) in [7, 11) is 0. The Hall–Kier alpha value is -2.13. The predicted octanol–water partition coefficient (Wildman–Crippen LogP) is 1.06. The second kappa shape index (κ2) is 5.02. The van der Waals surface area contributed by atoms with Crippen molar-refractivity contribution in [2.75, 3.05) is 6.54 Å². The average Bonchev–Trinajstić information content (AvgIpc) is 2.64. The Morgan fingerprint density at radius 1 is 1.28 bits per heavy atom. The highest BCUT2D eigenvalue weighted by molar-refractivity contribution is 8.04. The van der Waals surface area contributed by atoms with Crippen LogP contribution in [0.1, 0.15) is 20.7 Å². The Bertz CT molecular complexity index is 530. The molecule has 0 aliphatic carbocycles. The molecule has 90 valence electrons. The molecule has 2 rings (SSSR count).